The molecule has 0 saturated heterocycles. The van der Waals surface area contributed by atoms with E-state index in [-0.39, 0.29) is 0 Å². The number of methoxy groups -OCH3 is 1. The molecule has 14 heavy (non-hydrogen) atoms. The number of nitrogens with one attached hydrogen (secondary N) is 1. The lowest BCUT2D eigenvalue weighted by atomic mass is 9.85. The molecule has 1 N–H and O–H groups in total. The molecule has 0 fully saturated rings. The highest BCUT2D eigenvalue weighted by molar-refractivity contribution is 6.02. The standard InChI is InChI=1S/C12H15NO/c1-4-13-12-8(2)10-6-5-9(14-3)7-11(10)12/h5-7,13H,4H2,1-3H3. The summed E-state index contributed by atoms with van der Waals surface area (Å²) in [6.45, 7) is 5.22. The van der Waals surface area contributed by atoms with E-state index < -0.39 is 0 Å². The molecule has 0 heterocycles. The van der Waals surface area contributed by atoms with Gasteiger partial charge in [0.1, 0.15) is 5.75 Å². The third-order valence-corrected chi connectivity index (χ3v) is 2.63. The van der Waals surface area contributed by atoms with Gasteiger partial charge >= 0.3 is 0 Å². The largest absolute Gasteiger partial charge is 0.497 e. The van der Waals surface area contributed by atoms with E-state index in [1.807, 2.05) is 6.07 Å². The average Bonchev–Trinajstić information content (AvgIpc) is 2.24. The number of rotatable bonds is 3. The average molecular weight is 189 g/mol. The van der Waals surface area contributed by atoms with Gasteiger partial charge in [-0.15, -0.1) is 0 Å². The van der Waals surface area contributed by atoms with Gasteiger partial charge in [0.05, 0.1) is 7.11 Å². The summed E-state index contributed by atoms with van der Waals surface area (Å²) in [5.74, 6) is 0.923. The zero-order valence-electron chi connectivity index (χ0n) is 8.85. The zero-order valence-corrected chi connectivity index (χ0v) is 8.85. The van der Waals surface area contributed by atoms with E-state index in [2.05, 4.69) is 31.3 Å². The van der Waals surface area contributed by atoms with Crippen molar-refractivity contribution in [2.45, 2.75) is 13.8 Å². The predicted molar refractivity (Wildman–Crippen MR) is 59.2 cm³/mol. The quantitative estimate of drug-likeness (QED) is 0.788. The Hall–Kier alpha value is -1.44. The number of fused-ring (bicyclic) bond motifs is 1. The third kappa shape index (κ3) is 1.18. The molecule has 74 valence electrons. The van der Waals surface area contributed by atoms with E-state index >= 15 is 0 Å². The number of benzene rings is 1. The van der Waals surface area contributed by atoms with Crippen LogP contribution in [0.2, 0.25) is 0 Å². The fourth-order valence-electron chi connectivity index (χ4n) is 1.86. The first kappa shape index (κ1) is 9.13. The summed E-state index contributed by atoms with van der Waals surface area (Å²) in [7, 11) is 1.70. The van der Waals surface area contributed by atoms with Crippen LogP contribution in [0.3, 0.4) is 0 Å². The Morgan fingerprint density at radius 3 is 2.71 bits per heavy atom. The molecule has 0 atom stereocenters. The van der Waals surface area contributed by atoms with E-state index in [4.69, 9.17) is 4.74 Å². The number of allylic oxidation sites excluding steroid dienone is 1. The molecule has 0 spiro atoms. The molecule has 2 heteroatoms. The van der Waals surface area contributed by atoms with Crippen molar-refractivity contribution in [2.24, 2.45) is 0 Å². The van der Waals surface area contributed by atoms with Crippen molar-refractivity contribution in [3.63, 3.8) is 0 Å². The van der Waals surface area contributed by atoms with Gasteiger partial charge in [-0.2, -0.15) is 0 Å². The van der Waals surface area contributed by atoms with E-state index in [0.717, 1.165) is 12.3 Å². The van der Waals surface area contributed by atoms with Crippen molar-refractivity contribution >= 4 is 11.3 Å². The number of hydrogen-bond acceptors (Lipinski definition) is 2. The lowest BCUT2D eigenvalue weighted by Crippen LogP contribution is -2.19. The van der Waals surface area contributed by atoms with Gasteiger partial charge in [0.15, 0.2) is 0 Å². The highest BCUT2D eigenvalue weighted by Crippen LogP contribution is 2.39. The van der Waals surface area contributed by atoms with Crippen LogP contribution in [0.15, 0.2) is 18.2 Å². The number of hydrogen-bond donors (Lipinski definition) is 1. The molecule has 0 amide bonds. The Balaban J connectivity index is 2.34. The molecule has 2 nitrogen and oxygen atoms in total. The molecule has 0 saturated carbocycles. The van der Waals surface area contributed by atoms with Crippen LogP contribution < -0.4 is 10.1 Å². The maximum atomic E-state index is 5.20. The van der Waals surface area contributed by atoms with Crippen LogP contribution in [0, 0.1) is 0 Å². The Bertz CT molecular complexity index is 393. The SMILES string of the molecule is CCNC1=C(C)c2ccc(OC)cc21. The molecular formula is C12H15NO. The Labute approximate surface area is 84.6 Å². The highest BCUT2D eigenvalue weighted by Gasteiger charge is 2.22. The molecule has 1 aromatic carbocycles. The number of ether oxygens (including phenoxy) is 1. The van der Waals surface area contributed by atoms with Gasteiger partial charge in [-0.05, 0) is 37.1 Å². The molecule has 0 unspecified atom stereocenters. The van der Waals surface area contributed by atoms with E-state index in [1.165, 1.54) is 22.4 Å². The first-order chi connectivity index (χ1) is 6.77. The molecular weight excluding hydrogens is 174 g/mol. The molecule has 0 radical (unpaired) electrons. The topological polar surface area (TPSA) is 21.3 Å². The minimum Gasteiger partial charge on any atom is -0.497 e. The van der Waals surface area contributed by atoms with Crippen LogP contribution >= 0.6 is 0 Å². The van der Waals surface area contributed by atoms with E-state index in [1.54, 1.807) is 7.11 Å². The Morgan fingerprint density at radius 2 is 2.07 bits per heavy atom. The summed E-state index contributed by atoms with van der Waals surface area (Å²) < 4.78 is 5.20. The maximum Gasteiger partial charge on any atom is 0.119 e. The molecule has 0 bridgehead atoms. The fourth-order valence-corrected chi connectivity index (χ4v) is 1.86. The Morgan fingerprint density at radius 1 is 1.29 bits per heavy atom. The summed E-state index contributed by atoms with van der Waals surface area (Å²) in [5, 5.41) is 3.36. The highest BCUT2D eigenvalue weighted by atomic mass is 16.5. The fraction of sp³-hybridized carbons (Fsp3) is 0.333. The van der Waals surface area contributed by atoms with Crippen molar-refractivity contribution < 1.29 is 4.74 Å². The second-order valence-corrected chi connectivity index (χ2v) is 3.44. The van der Waals surface area contributed by atoms with Crippen molar-refractivity contribution in [3.05, 3.63) is 29.3 Å². The predicted octanol–water partition coefficient (Wildman–Crippen LogP) is 2.51. The van der Waals surface area contributed by atoms with Gasteiger partial charge in [-0.25, -0.2) is 0 Å². The molecule has 2 rings (SSSR count). The lowest BCUT2D eigenvalue weighted by Gasteiger charge is -2.26. The molecule has 1 aliphatic carbocycles. The monoisotopic (exact) mass is 189 g/mol. The van der Waals surface area contributed by atoms with Crippen molar-refractivity contribution in [1.29, 1.82) is 0 Å². The maximum absolute atomic E-state index is 5.20. The minimum atomic E-state index is 0.923. The van der Waals surface area contributed by atoms with Crippen molar-refractivity contribution in [3.8, 4) is 5.75 Å². The molecule has 0 aromatic heterocycles. The van der Waals surface area contributed by atoms with Gasteiger partial charge in [0, 0.05) is 17.8 Å². The Kier molecular flexibility index (Phi) is 2.20. The van der Waals surface area contributed by atoms with Gasteiger partial charge in [0.2, 0.25) is 0 Å². The van der Waals surface area contributed by atoms with E-state index in [9.17, 15) is 0 Å². The van der Waals surface area contributed by atoms with E-state index in [0.29, 0.717) is 0 Å². The summed E-state index contributed by atoms with van der Waals surface area (Å²) in [5.41, 5.74) is 5.23. The van der Waals surface area contributed by atoms with Crippen LogP contribution in [0.5, 0.6) is 5.75 Å². The summed E-state index contributed by atoms with van der Waals surface area (Å²) in [6, 6.07) is 6.20. The summed E-state index contributed by atoms with van der Waals surface area (Å²) in [4.78, 5) is 0. The second kappa shape index (κ2) is 3.37. The van der Waals surface area contributed by atoms with Crippen molar-refractivity contribution in [1.82, 2.24) is 5.32 Å². The second-order valence-electron chi connectivity index (χ2n) is 3.44. The molecule has 0 aliphatic heterocycles. The first-order valence-electron chi connectivity index (χ1n) is 4.91. The molecule has 1 aromatic rings. The summed E-state index contributed by atoms with van der Waals surface area (Å²) in [6.07, 6.45) is 0. The van der Waals surface area contributed by atoms with Gasteiger partial charge < -0.3 is 10.1 Å². The van der Waals surface area contributed by atoms with Crippen LogP contribution in [-0.2, 0) is 0 Å². The van der Waals surface area contributed by atoms with Crippen LogP contribution in [-0.4, -0.2) is 13.7 Å². The van der Waals surface area contributed by atoms with Crippen LogP contribution in [0.4, 0.5) is 0 Å². The minimum absolute atomic E-state index is 0.923. The van der Waals surface area contributed by atoms with Crippen LogP contribution in [0.25, 0.3) is 11.3 Å². The van der Waals surface area contributed by atoms with Crippen molar-refractivity contribution in [2.75, 3.05) is 13.7 Å². The first-order valence-corrected chi connectivity index (χ1v) is 4.91. The summed E-state index contributed by atoms with van der Waals surface area (Å²) >= 11 is 0. The van der Waals surface area contributed by atoms with Gasteiger partial charge in [0.25, 0.3) is 0 Å². The zero-order chi connectivity index (χ0) is 10.1. The van der Waals surface area contributed by atoms with Crippen LogP contribution in [0.1, 0.15) is 25.0 Å². The lowest BCUT2D eigenvalue weighted by molar-refractivity contribution is 0.414. The molecule has 1 aliphatic rings. The smallest absolute Gasteiger partial charge is 0.119 e. The third-order valence-electron chi connectivity index (χ3n) is 2.63. The van der Waals surface area contributed by atoms with Gasteiger partial charge in [-0.3, -0.25) is 0 Å². The normalized spacial score (nSPS) is 13.4. The van der Waals surface area contributed by atoms with Gasteiger partial charge in [-0.1, -0.05) is 6.07 Å².